The lowest BCUT2D eigenvalue weighted by Gasteiger charge is -2.11. The molecule has 1 aromatic carbocycles. The number of anilines is 2. The summed E-state index contributed by atoms with van der Waals surface area (Å²) < 4.78 is 0. The highest BCUT2D eigenvalue weighted by Gasteiger charge is 2.11. The molecule has 1 aromatic rings. The van der Waals surface area contributed by atoms with Crippen LogP contribution in [0.25, 0.3) is 0 Å². The summed E-state index contributed by atoms with van der Waals surface area (Å²) in [5.74, 6) is -0.291. The van der Waals surface area contributed by atoms with Crippen LogP contribution in [0, 0.1) is 0 Å². The van der Waals surface area contributed by atoms with Crippen LogP contribution in [0.3, 0.4) is 0 Å². The van der Waals surface area contributed by atoms with Gasteiger partial charge in [-0.3, -0.25) is 9.59 Å². The first kappa shape index (κ1) is 14.2. The van der Waals surface area contributed by atoms with Crippen molar-refractivity contribution in [3.63, 3.8) is 0 Å². The Bertz CT molecular complexity index is 432. The van der Waals surface area contributed by atoms with Crippen molar-refractivity contribution in [1.82, 2.24) is 0 Å². The lowest BCUT2D eigenvalue weighted by Crippen LogP contribution is -2.34. The third-order valence-corrected chi connectivity index (χ3v) is 2.51. The van der Waals surface area contributed by atoms with Gasteiger partial charge in [-0.25, -0.2) is 0 Å². The second-order valence-corrected chi connectivity index (χ2v) is 3.99. The number of rotatable bonds is 5. The first-order chi connectivity index (χ1) is 8.56. The van der Waals surface area contributed by atoms with Crippen molar-refractivity contribution in [2.75, 3.05) is 10.6 Å². The molecular formula is C13H19N3O2. The summed E-state index contributed by atoms with van der Waals surface area (Å²) in [6.07, 6.45) is 0.995. The standard InChI is InChI=1S/C13H19N3O2/c1-3-11(14)13(18)16-10-7-5-6-9(8-10)15-12(17)4-2/h5-8,11H,3-4,14H2,1-2H3,(H,15,17)(H,16,18). The second-order valence-electron chi connectivity index (χ2n) is 3.99. The molecule has 1 unspecified atom stereocenters. The van der Waals surface area contributed by atoms with Crippen LogP contribution >= 0.6 is 0 Å². The Morgan fingerprint density at radius 1 is 1.22 bits per heavy atom. The van der Waals surface area contributed by atoms with Gasteiger partial charge >= 0.3 is 0 Å². The van der Waals surface area contributed by atoms with E-state index < -0.39 is 6.04 Å². The van der Waals surface area contributed by atoms with Crippen LogP contribution < -0.4 is 16.4 Å². The molecule has 0 saturated carbocycles. The van der Waals surface area contributed by atoms with Crippen molar-refractivity contribution in [2.45, 2.75) is 32.7 Å². The molecule has 4 N–H and O–H groups in total. The van der Waals surface area contributed by atoms with Gasteiger partial charge in [-0.05, 0) is 24.6 Å². The number of hydrogen-bond acceptors (Lipinski definition) is 3. The lowest BCUT2D eigenvalue weighted by molar-refractivity contribution is -0.117. The highest BCUT2D eigenvalue weighted by Crippen LogP contribution is 2.15. The normalized spacial score (nSPS) is 11.7. The highest BCUT2D eigenvalue weighted by atomic mass is 16.2. The highest BCUT2D eigenvalue weighted by molar-refractivity contribution is 5.96. The summed E-state index contributed by atoms with van der Waals surface area (Å²) in [7, 11) is 0. The Balaban J connectivity index is 2.70. The van der Waals surface area contributed by atoms with Crippen molar-refractivity contribution in [1.29, 1.82) is 0 Å². The molecule has 2 amide bonds. The van der Waals surface area contributed by atoms with E-state index in [1.165, 1.54) is 0 Å². The Morgan fingerprint density at radius 2 is 1.83 bits per heavy atom. The Hall–Kier alpha value is -1.88. The molecule has 0 fully saturated rings. The number of carbonyl (C=O) groups excluding carboxylic acids is 2. The Kier molecular flexibility index (Phi) is 5.32. The minimum Gasteiger partial charge on any atom is -0.326 e. The number of nitrogens with one attached hydrogen (secondary N) is 2. The molecule has 5 nitrogen and oxygen atoms in total. The molecule has 0 aromatic heterocycles. The maximum Gasteiger partial charge on any atom is 0.241 e. The summed E-state index contributed by atoms with van der Waals surface area (Å²) in [4.78, 5) is 22.9. The van der Waals surface area contributed by atoms with Gasteiger partial charge in [0.1, 0.15) is 0 Å². The van der Waals surface area contributed by atoms with E-state index in [4.69, 9.17) is 5.73 Å². The Labute approximate surface area is 107 Å². The molecule has 0 aliphatic carbocycles. The van der Waals surface area contributed by atoms with Gasteiger partial charge in [0.15, 0.2) is 0 Å². The summed E-state index contributed by atoms with van der Waals surface area (Å²) in [6.45, 7) is 3.63. The molecule has 18 heavy (non-hydrogen) atoms. The second kappa shape index (κ2) is 6.76. The summed E-state index contributed by atoms with van der Waals surface area (Å²) in [6, 6.07) is 6.47. The zero-order valence-electron chi connectivity index (χ0n) is 10.7. The van der Waals surface area contributed by atoms with E-state index in [2.05, 4.69) is 10.6 Å². The van der Waals surface area contributed by atoms with E-state index in [0.29, 0.717) is 24.2 Å². The maximum atomic E-state index is 11.6. The molecule has 98 valence electrons. The third-order valence-electron chi connectivity index (χ3n) is 2.51. The van der Waals surface area contributed by atoms with Crippen LogP contribution in [-0.4, -0.2) is 17.9 Å². The van der Waals surface area contributed by atoms with Crippen molar-refractivity contribution in [2.24, 2.45) is 5.73 Å². The minimum atomic E-state index is -0.515. The van der Waals surface area contributed by atoms with E-state index in [0.717, 1.165) is 0 Å². The summed E-state index contributed by atoms with van der Waals surface area (Å²) in [5, 5.41) is 5.44. The largest absolute Gasteiger partial charge is 0.326 e. The smallest absolute Gasteiger partial charge is 0.241 e. The molecular weight excluding hydrogens is 230 g/mol. The molecule has 0 bridgehead atoms. The fourth-order valence-electron chi connectivity index (χ4n) is 1.34. The van der Waals surface area contributed by atoms with E-state index in [-0.39, 0.29) is 11.8 Å². The first-order valence-corrected chi connectivity index (χ1v) is 6.03. The van der Waals surface area contributed by atoms with Crippen LogP contribution in [0.5, 0.6) is 0 Å². The van der Waals surface area contributed by atoms with Gasteiger partial charge in [-0.15, -0.1) is 0 Å². The van der Waals surface area contributed by atoms with Gasteiger partial charge in [0.05, 0.1) is 6.04 Å². The molecule has 5 heteroatoms. The zero-order valence-corrected chi connectivity index (χ0v) is 10.7. The lowest BCUT2D eigenvalue weighted by atomic mass is 10.2. The van der Waals surface area contributed by atoms with Gasteiger partial charge in [0.2, 0.25) is 11.8 Å². The number of carbonyl (C=O) groups is 2. The van der Waals surface area contributed by atoms with Gasteiger partial charge in [0.25, 0.3) is 0 Å². The third kappa shape index (κ3) is 4.18. The van der Waals surface area contributed by atoms with Crippen LogP contribution in [-0.2, 0) is 9.59 Å². The quantitative estimate of drug-likeness (QED) is 0.742. The van der Waals surface area contributed by atoms with Gasteiger partial charge in [-0.2, -0.15) is 0 Å². The molecule has 1 rings (SSSR count). The van der Waals surface area contributed by atoms with E-state index in [1.807, 2.05) is 6.92 Å². The molecule has 0 saturated heterocycles. The first-order valence-electron chi connectivity index (χ1n) is 6.03. The molecule has 0 spiro atoms. The fourth-order valence-corrected chi connectivity index (χ4v) is 1.34. The molecule has 0 aliphatic rings. The van der Waals surface area contributed by atoms with Crippen molar-refractivity contribution in [3.05, 3.63) is 24.3 Å². The van der Waals surface area contributed by atoms with Gasteiger partial charge in [-0.1, -0.05) is 19.9 Å². The number of amides is 2. The topological polar surface area (TPSA) is 84.2 Å². The average Bonchev–Trinajstić information content (AvgIpc) is 2.37. The molecule has 0 radical (unpaired) electrons. The molecule has 0 aliphatic heterocycles. The van der Waals surface area contributed by atoms with E-state index in [1.54, 1.807) is 31.2 Å². The minimum absolute atomic E-state index is 0.0660. The van der Waals surface area contributed by atoms with Crippen LogP contribution in [0.4, 0.5) is 11.4 Å². The molecule has 0 heterocycles. The maximum absolute atomic E-state index is 11.6. The predicted molar refractivity (Wildman–Crippen MR) is 72.3 cm³/mol. The monoisotopic (exact) mass is 249 g/mol. The van der Waals surface area contributed by atoms with Crippen molar-refractivity contribution in [3.8, 4) is 0 Å². The van der Waals surface area contributed by atoms with Gasteiger partial charge in [0, 0.05) is 17.8 Å². The number of benzene rings is 1. The van der Waals surface area contributed by atoms with E-state index in [9.17, 15) is 9.59 Å². The predicted octanol–water partition coefficient (Wildman–Crippen LogP) is 1.71. The summed E-state index contributed by atoms with van der Waals surface area (Å²) >= 11 is 0. The van der Waals surface area contributed by atoms with Crippen molar-refractivity contribution < 1.29 is 9.59 Å². The average molecular weight is 249 g/mol. The van der Waals surface area contributed by atoms with Crippen LogP contribution in [0.1, 0.15) is 26.7 Å². The van der Waals surface area contributed by atoms with Crippen molar-refractivity contribution >= 4 is 23.2 Å². The van der Waals surface area contributed by atoms with Crippen LogP contribution in [0.2, 0.25) is 0 Å². The number of hydrogen-bond donors (Lipinski definition) is 3. The number of nitrogens with two attached hydrogens (primary N) is 1. The molecule has 1 atom stereocenters. The SMILES string of the molecule is CCC(=O)Nc1cccc(NC(=O)C(N)CC)c1. The van der Waals surface area contributed by atoms with E-state index >= 15 is 0 Å². The zero-order chi connectivity index (χ0) is 13.5. The van der Waals surface area contributed by atoms with Crippen LogP contribution in [0.15, 0.2) is 24.3 Å². The fraction of sp³-hybridized carbons (Fsp3) is 0.385. The van der Waals surface area contributed by atoms with Gasteiger partial charge < -0.3 is 16.4 Å². The Morgan fingerprint density at radius 3 is 2.39 bits per heavy atom. The summed E-state index contributed by atoms with van der Waals surface area (Å²) in [5.41, 5.74) is 6.90.